The molecule has 1 heterocycles. The molecule has 1 unspecified atom stereocenters. The van der Waals surface area contributed by atoms with E-state index in [0.29, 0.717) is 11.4 Å². The van der Waals surface area contributed by atoms with E-state index < -0.39 is 0 Å². The molecule has 0 aliphatic carbocycles. The van der Waals surface area contributed by atoms with Crippen molar-refractivity contribution in [2.24, 2.45) is 0 Å². The Hall–Kier alpha value is -1.22. The number of halogens is 1. The first-order valence-corrected chi connectivity index (χ1v) is 6.33. The van der Waals surface area contributed by atoms with Gasteiger partial charge in [0.15, 0.2) is 0 Å². The molecular formula is C13H16ClNO2. The van der Waals surface area contributed by atoms with Crippen LogP contribution >= 0.6 is 11.6 Å². The van der Waals surface area contributed by atoms with Crippen molar-refractivity contribution >= 4 is 17.5 Å². The molecule has 0 spiro atoms. The molecule has 0 aromatic heterocycles. The topological polar surface area (TPSA) is 40.5 Å². The van der Waals surface area contributed by atoms with Crippen molar-refractivity contribution < 1.29 is 9.90 Å². The lowest BCUT2D eigenvalue weighted by atomic mass is 10.1. The molecule has 0 radical (unpaired) electrons. The lowest BCUT2D eigenvalue weighted by Crippen LogP contribution is -2.36. The van der Waals surface area contributed by atoms with Crippen LogP contribution in [0.4, 0.5) is 0 Å². The molecule has 17 heavy (non-hydrogen) atoms. The first-order chi connectivity index (χ1) is 8.13. The molecule has 1 amide bonds. The van der Waals surface area contributed by atoms with Gasteiger partial charge >= 0.3 is 0 Å². The van der Waals surface area contributed by atoms with Gasteiger partial charge in [-0.25, -0.2) is 0 Å². The minimum absolute atomic E-state index is 0.0511. The Morgan fingerprint density at radius 3 is 3.00 bits per heavy atom. The van der Waals surface area contributed by atoms with E-state index in [4.69, 9.17) is 11.6 Å². The molecule has 1 saturated heterocycles. The molecule has 1 aromatic carbocycles. The summed E-state index contributed by atoms with van der Waals surface area (Å²) in [6, 6.07) is 5.22. The van der Waals surface area contributed by atoms with Crippen LogP contribution in [0.2, 0.25) is 0 Å². The van der Waals surface area contributed by atoms with Gasteiger partial charge in [0.05, 0.1) is 5.56 Å². The van der Waals surface area contributed by atoms with Crippen molar-refractivity contribution in [3.05, 3.63) is 29.3 Å². The Balaban J connectivity index is 2.24. The average Bonchev–Trinajstić information content (AvgIpc) is 2.76. The van der Waals surface area contributed by atoms with E-state index in [1.165, 1.54) is 0 Å². The molecule has 1 aliphatic rings. The smallest absolute Gasteiger partial charge is 0.257 e. The number of rotatable bonds is 2. The van der Waals surface area contributed by atoms with Crippen LogP contribution in [0.3, 0.4) is 0 Å². The summed E-state index contributed by atoms with van der Waals surface area (Å²) in [7, 11) is 0. The minimum atomic E-state index is -0.120. The van der Waals surface area contributed by atoms with Crippen LogP contribution in [-0.2, 0) is 0 Å². The second kappa shape index (κ2) is 4.96. The predicted octanol–water partition coefficient (Wildman–Crippen LogP) is 2.54. The van der Waals surface area contributed by atoms with Gasteiger partial charge in [0.2, 0.25) is 0 Å². The van der Waals surface area contributed by atoms with Crippen molar-refractivity contribution in [2.75, 3.05) is 12.4 Å². The molecule has 1 aromatic rings. The SMILES string of the molecule is Cc1ccc(C(=O)N2CCCC2CCl)c(O)c1. The number of alkyl halides is 1. The summed E-state index contributed by atoms with van der Waals surface area (Å²) in [4.78, 5) is 14.0. The molecule has 0 bridgehead atoms. The third kappa shape index (κ3) is 2.39. The average molecular weight is 254 g/mol. The standard InChI is InChI=1S/C13H16ClNO2/c1-9-4-5-11(12(16)7-9)13(17)15-6-2-3-10(15)8-14/h4-5,7,10,16H,2-3,6,8H2,1H3. The highest BCUT2D eigenvalue weighted by Crippen LogP contribution is 2.25. The number of phenolic OH excluding ortho intramolecular Hbond substituents is 1. The van der Waals surface area contributed by atoms with Gasteiger partial charge in [0.25, 0.3) is 5.91 Å². The zero-order valence-corrected chi connectivity index (χ0v) is 10.6. The molecule has 92 valence electrons. The van der Waals surface area contributed by atoms with Crippen LogP contribution in [-0.4, -0.2) is 34.4 Å². The van der Waals surface area contributed by atoms with Crippen molar-refractivity contribution in [3.63, 3.8) is 0 Å². The predicted molar refractivity (Wildman–Crippen MR) is 67.6 cm³/mol. The summed E-state index contributed by atoms with van der Waals surface area (Å²) in [5.41, 5.74) is 1.31. The maximum absolute atomic E-state index is 12.3. The number of likely N-dealkylation sites (tertiary alicyclic amines) is 1. The second-order valence-corrected chi connectivity index (χ2v) is 4.78. The van der Waals surface area contributed by atoms with Crippen molar-refractivity contribution in [1.29, 1.82) is 0 Å². The molecule has 0 saturated carbocycles. The van der Waals surface area contributed by atoms with Crippen LogP contribution in [0.25, 0.3) is 0 Å². The number of carbonyl (C=O) groups excluding carboxylic acids is 1. The summed E-state index contributed by atoms with van der Waals surface area (Å²) in [5.74, 6) is 0.388. The van der Waals surface area contributed by atoms with E-state index in [-0.39, 0.29) is 17.7 Å². The summed E-state index contributed by atoms with van der Waals surface area (Å²) in [6.45, 7) is 2.61. The first-order valence-electron chi connectivity index (χ1n) is 5.80. The van der Waals surface area contributed by atoms with Gasteiger partial charge in [-0.1, -0.05) is 6.07 Å². The maximum atomic E-state index is 12.3. The zero-order chi connectivity index (χ0) is 12.4. The largest absolute Gasteiger partial charge is 0.507 e. The van der Waals surface area contributed by atoms with Gasteiger partial charge in [0.1, 0.15) is 5.75 Å². The normalized spacial score (nSPS) is 19.6. The van der Waals surface area contributed by atoms with Gasteiger partial charge in [0, 0.05) is 18.5 Å². The molecule has 1 atom stereocenters. The number of aryl methyl sites for hydroxylation is 1. The monoisotopic (exact) mass is 253 g/mol. The fourth-order valence-corrected chi connectivity index (χ4v) is 2.56. The number of aromatic hydroxyl groups is 1. The van der Waals surface area contributed by atoms with Gasteiger partial charge in [-0.3, -0.25) is 4.79 Å². The molecular weight excluding hydrogens is 238 g/mol. The lowest BCUT2D eigenvalue weighted by molar-refractivity contribution is 0.0746. The number of nitrogens with zero attached hydrogens (tertiary/aromatic N) is 1. The van der Waals surface area contributed by atoms with Crippen LogP contribution in [0, 0.1) is 6.92 Å². The minimum Gasteiger partial charge on any atom is -0.507 e. The Bertz CT molecular complexity index is 433. The van der Waals surface area contributed by atoms with Gasteiger partial charge in [-0.2, -0.15) is 0 Å². The zero-order valence-electron chi connectivity index (χ0n) is 9.82. The maximum Gasteiger partial charge on any atom is 0.257 e. The van der Waals surface area contributed by atoms with Crippen LogP contribution in [0.5, 0.6) is 5.75 Å². The van der Waals surface area contributed by atoms with Gasteiger partial charge in [-0.05, 0) is 37.5 Å². The van der Waals surface area contributed by atoms with E-state index in [1.54, 1.807) is 17.0 Å². The van der Waals surface area contributed by atoms with Gasteiger partial charge < -0.3 is 10.0 Å². The molecule has 1 N–H and O–H groups in total. The fraction of sp³-hybridized carbons (Fsp3) is 0.462. The number of benzene rings is 1. The Kier molecular flexibility index (Phi) is 3.57. The van der Waals surface area contributed by atoms with Crippen LogP contribution in [0.1, 0.15) is 28.8 Å². The second-order valence-electron chi connectivity index (χ2n) is 4.47. The van der Waals surface area contributed by atoms with E-state index in [2.05, 4.69) is 0 Å². The highest BCUT2D eigenvalue weighted by molar-refractivity contribution is 6.18. The first kappa shape index (κ1) is 12.2. The fourth-order valence-electron chi connectivity index (χ4n) is 2.24. The van der Waals surface area contributed by atoms with E-state index in [9.17, 15) is 9.90 Å². The summed E-state index contributed by atoms with van der Waals surface area (Å²) >= 11 is 5.84. The molecule has 2 rings (SSSR count). The number of hydrogen-bond donors (Lipinski definition) is 1. The summed E-state index contributed by atoms with van der Waals surface area (Å²) in [5, 5.41) is 9.80. The quantitative estimate of drug-likeness (QED) is 0.823. The van der Waals surface area contributed by atoms with Crippen LogP contribution in [0.15, 0.2) is 18.2 Å². The molecule has 1 aliphatic heterocycles. The molecule has 1 fully saturated rings. The van der Waals surface area contributed by atoms with E-state index in [0.717, 1.165) is 24.9 Å². The summed E-state index contributed by atoms with van der Waals surface area (Å²) in [6.07, 6.45) is 1.93. The van der Waals surface area contributed by atoms with Crippen molar-refractivity contribution in [3.8, 4) is 5.75 Å². The molecule has 3 nitrogen and oxygen atoms in total. The third-order valence-corrected chi connectivity index (χ3v) is 3.56. The van der Waals surface area contributed by atoms with E-state index >= 15 is 0 Å². The highest BCUT2D eigenvalue weighted by atomic mass is 35.5. The van der Waals surface area contributed by atoms with E-state index in [1.807, 2.05) is 13.0 Å². The lowest BCUT2D eigenvalue weighted by Gasteiger charge is -2.23. The number of amides is 1. The number of phenols is 1. The van der Waals surface area contributed by atoms with Crippen molar-refractivity contribution in [1.82, 2.24) is 4.90 Å². The highest BCUT2D eigenvalue weighted by Gasteiger charge is 2.29. The molecule has 4 heteroatoms. The van der Waals surface area contributed by atoms with Gasteiger partial charge in [-0.15, -0.1) is 11.6 Å². The Morgan fingerprint density at radius 2 is 2.35 bits per heavy atom. The number of carbonyl (C=O) groups is 1. The van der Waals surface area contributed by atoms with Crippen LogP contribution < -0.4 is 0 Å². The number of hydrogen-bond acceptors (Lipinski definition) is 2. The third-order valence-electron chi connectivity index (χ3n) is 3.20. The Labute approximate surface area is 106 Å². The Morgan fingerprint density at radius 1 is 1.59 bits per heavy atom. The van der Waals surface area contributed by atoms with Crippen molar-refractivity contribution in [2.45, 2.75) is 25.8 Å². The summed E-state index contributed by atoms with van der Waals surface area (Å²) < 4.78 is 0.